The number of ether oxygens (including phenoxy) is 5. The summed E-state index contributed by atoms with van der Waals surface area (Å²) in [6.07, 6.45) is -7.65. The van der Waals surface area contributed by atoms with Gasteiger partial charge in [0, 0.05) is 20.8 Å². The van der Waals surface area contributed by atoms with Gasteiger partial charge in [-0.3, -0.25) is 14.4 Å². The Labute approximate surface area is 135 Å². The summed E-state index contributed by atoms with van der Waals surface area (Å²) < 4.78 is 23.7. The number of hydrogen-bond donors (Lipinski definition) is 1. The van der Waals surface area contributed by atoms with Crippen LogP contribution in [0.1, 0.15) is 20.8 Å². The van der Waals surface area contributed by atoms with Crippen LogP contribution in [-0.2, 0) is 42.9 Å². The molecule has 0 amide bonds. The molecule has 1 heterocycles. The second-order valence-electron chi connectivity index (χ2n) is 4.73. The molecule has 1 fully saturated rings. The molecule has 134 valence electrons. The molecule has 0 bridgehead atoms. The highest BCUT2D eigenvalue weighted by Crippen LogP contribution is 2.24. The fourth-order valence-corrected chi connectivity index (χ4v) is 1.96. The maximum absolute atomic E-state index is 11.3. The Balaban J connectivity index is 3.11. The van der Waals surface area contributed by atoms with Crippen molar-refractivity contribution < 1.29 is 52.8 Å². The molecular formula is C13H16O11. The van der Waals surface area contributed by atoms with Gasteiger partial charge in [0.2, 0.25) is 6.10 Å². The fourth-order valence-electron chi connectivity index (χ4n) is 1.96. The first-order chi connectivity index (χ1) is 11.1. The summed E-state index contributed by atoms with van der Waals surface area (Å²) in [6.45, 7) is 2.59. The summed E-state index contributed by atoms with van der Waals surface area (Å²) in [4.78, 5) is 55.9. The Kier molecular flexibility index (Phi) is 6.50. The van der Waals surface area contributed by atoms with E-state index in [1.165, 1.54) is 0 Å². The number of carbonyl (C=O) groups excluding carboxylic acids is 4. The molecule has 11 heteroatoms. The van der Waals surface area contributed by atoms with E-state index in [2.05, 4.69) is 4.74 Å². The van der Waals surface area contributed by atoms with Crippen LogP contribution >= 0.6 is 0 Å². The van der Waals surface area contributed by atoms with Gasteiger partial charge in [-0.05, 0) is 0 Å². The van der Waals surface area contributed by atoms with Crippen LogP contribution in [-0.4, -0.2) is 66.2 Å². The molecule has 0 aromatic rings. The quantitative estimate of drug-likeness (QED) is 0.463. The number of rotatable bonds is 7. The third-order valence-corrected chi connectivity index (χ3v) is 2.76. The zero-order valence-electron chi connectivity index (χ0n) is 13.0. The maximum Gasteiger partial charge on any atom is 0.509 e. The monoisotopic (exact) mass is 348 g/mol. The van der Waals surface area contributed by atoms with Crippen LogP contribution in [0.2, 0.25) is 0 Å². The van der Waals surface area contributed by atoms with E-state index in [9.17, 15) is 24.0 Å². The van der Waals surface area contributed by atoms with E-state index in [0.29, 0.717) is 0 Å². The maximum atomic E-state index is 11.3. The Morgan fingerprint density at radius 2 is 1.62 bits per heavy atom. The lowest BCUT2D eigenvalue weighted by molar-refractivity contribution is -0.184. The van der Waals surface area contributed by atoms with E-state index in [1.54, 1.807) is 0 Å². The third-order valence-electron chi connectivity index (χ3n) is 2.76. The fraction of sp³-hybridized carbons (Fsp3) is 0.615. The molecule has 1 rings (SSSR count). The zero-order valence-corrected chi connectivity index (χ0v) is 13.0. The van der Waals surface area contributed by atoms with Crippen molar-refractivity contribution in [3.8, 4) is 0 Å². The van der Waals surface area contributed by atoms with Crippen LogP contribution in [0.15, 0.2) is 0 Å². The Morgan fingerprint density at radius 3 is 2.08 bits per heavy atom. The highest BCUT2D eigenvalue weighted by atomic mass is 16.8. The molecule has 11 nitrogen and oxygen atoms in total. The second-order valence-corrected chi connectivity index (χ2v) is 4.73. The minimum Gasteiger partial charge on any atom is -0.478 e. The summed E-state index contributed by atoms with van der Waals surface area (Å²) in [5, 5.41) is 9.08. The van der Waals surface area contributed by atoms with Crippen molar-refractivity contribution in [3.05, 3.63) is 0 Å². The molecule has 0 aromatic heterocycles. The molecule has 24 heavy (non-hydrogen) atoms. The Morgan fingerprint density at radius 1 is 1.04 bits per heavy atom. The number of aliphatic carboxylic acids is 1. The topological polar surface area (TPSA) is 152 Å². The molecule has 1 aliphatic heterocycles. The van der Waals surface area contributed by atoms with E-state index in [-0.39, 0.29) is 0 Å². The lowest BCUT2D eigenvalue weighted by Gasteiger charge is -2.29. The first-order valence-electron chi connectivity index (χ1n) is 6.69. The molecule has 1 N–H and O–H groups in total. The predicted octanol–water partition coefficient (Wildman–Crippen LogP) is -0.598. The largest absolute Gasteiger partial charge is 0.509 e. The lowest BCUT2D eigenvalue weighted by atomic mass is 10.0. The Bertz CT molecular complexity index is 540. The van der Waals surface area contributed by atoms with Gasteiger partial charge in [0.05, 0.1) is 0 Å². The van der Waals surface area contributed by atoms with Gasteiger partial charge < -0.3 is 28.8 Å². The molecule has 0 unspecified atom stereocenters. The van der Waals surface area contributed by atoms with Gasteiger partial charge in [0.15, 0.2) is 18.3 Å². The molecule has 0 aromatic carbocycles. The smallest absolute Gasteiger partial charge is 0.478 e. The molecule has 4 atom stereocenters. The predicted molar refractivity (Wildman–Crippen MR) is 70.5 cm³/mol. The van der Waals surface area contributed by atoms with Gasteiger partial charge in [-0.25, -0.2) is 9.59 Å². The summed E-state index contributed by atoms with van der Waals surface area (Å²) in [5.41, 5.74) is 0. The lowest BCUT2D eigenvalue weighted by Crippen LogP contribution is -2.51. The van der Waals surface area contributed by atoms with Gasteiger partial charge in [-0.1, -0.05) is 0 Å². The van der Waals surface area contributed by atoms with Crippen molar-refractivity contribution in [2.75, 3.05) is 6.61 Å². The molecule has 0 aliphatic carbocycles. The van der Waals surface area contributed by atoms with Crippen molar-refractivity contribution in [2.45, 2.75) is 45.2 Å². The second kappa shape index (κ2) is 8.13. The normalized spacial score (nSPS) is 21.7. The van der Waals surface area contributed by atoms with E-state index in [4.69, 9.17) is 24.1 Å². The van der Waals surface area contributed by atoms with Crippen molar-refractivity contribution in [2.24, 2.45) is 0 Å². The average molecular weight is 348 g/mol. The van der Waals surface area contributed by atoms with E-state index in [1.807, 2.05) is 0 Å². The van der Waals surface area contributed by atoms with E-state index < -0.39 is 61.1 Å². The molecule has 0 saturated carbocycles. The van der Waals surface area contributed by atoms with Crippen LogP contribution in [0.3, 0.4) is 0 Å². The minimum absolute atomic E-state index is 0.548. The van der Waals surface area contributed by atoms with E-state index >= 15 is 0 Å². The molecule has 0 spiro atoms. The summed E-state index contributed by atoms with van der Waals surface area (Å²) in [6, 6.07) is 0. The van der Waals surface area contributed by atoms with Crippen LogP contribution in [0.25, 0.3) is 0 Å². The summed E-state index contributed by atoms with van der Waals surface area (Å²) in [5.74, 6) is -3.96. The molecule has 1 aliphatic rings. The van der Waals surface area contributed by atoms with E-state index in [0.717, 1.165) is 20.8 Å². The van der Waals surface area contributed by atoms with Crippen molar-refractivity contribution >= 4 is 30.0 Å². The van der Waals surface area contributed by atoms with Crippen molar-refractivity contribution in [1.82, 2.24) is 0 Å². The number of esters is 3. The van der Waals surface area contributed by atoms with Gasteiger partial charge in [0.25, 0.3) is 0 Å². The first-order valence-corrected chi connectivity index (χ1v) is 6.69. The molecule has 1 saturated heterocycles. The van der Waals surface area contributed by atoms with Gasteiger partial charge in [0.1, 0.15) is 6.61 Å². The van der Waals surface area contributed by atoms with Gasteiger partial charge in [-0.2, -0.15) is 0 Å². The SMILES string of the molecule is CC(=O)OC[C@@H](OC(C)=O)[C@H](OC(C)=O)[C@H]1OC(=O)O[C@H]1C(=O)O. The zero-order chi connectivity index (χ0) is 18.4. The molecular weight excluding hydrogens is 332 g/mol. The van der Waals surface area contributed by atoms with Crippen molar-refractivity contribution in [3.63, 3.8) is 0 Å². The highest BCUT2D eigenvalue weighted by Gasteiger charge is 2.51. The number of carbonyl (C=O) groups is 5. The summed E-state index contributed by atoms with van der Waals surface area (Å²) in [7, 11) is 0. The van der Waals surface area contributed by atoms with Crippen molar-refractivity contribution in [1.29, 1.82) is 0 Å². The van der Waals surface area contributed by atoms with Crippen LogP contribution in [0.5, 0.6) is 0 Å². The van der Waals surface area contributed by atoms with Gasteiger partial charge in [-0.15, -0.1) is 0 Å². The average Bonchev–Trinajstić information content (AvgIpc) is 2.82. The number of cyclic esters (lactones) is 2. The van der Waals surface area contributed by atoms with Crippen LogP contribution in [0, 0.1) is 0 Å². The molecule has 0 radical (unpaired) electrons. The number of hydrogen-bond acceptors (Lipinski definition) is 10. The van der Waals surface area contributed by atoms with Crippen LogP contribution in [0.4, 0.5) is 4.79 Å². The number of carboxylic acid groups (broad SMARTS) is 1. The van der Waals surface area contributed by atoms with Crippen LogP contribution < -0.4 is 0 Å². The van der Waals surface area contributed by atoms with Gasteiger partial charge >= 0.3 is 30.0 Å². The number of carboxylic acids is 1. The summed E-state index contributed by atoms with van der Waals surface area (Å²) >= 11 is 0. The standard InChI is InChI=1S/C13H16O11/c1-5(14)20-4-8(21-6(2)15)9(22-7(3)16)10-11(12(17)18)24-13(19)23-10/h8-11H,4H2,1-3H3,(H,17,18)/t8-,9+,10-,11-/m1/s1. The third kappa shape index (κ3) is 5.41. The minimum atomic E-state index is -1.79. The first kappa shape index (κ1) is 19.2. The highest BCUT2D eigenvalue weighted by molar-refractivity contribution is 5.79. The Hall–Kier alpha value is -2.85.